The van der Waals surface area contributed by atoms with Crippen LogP contribution in [-0.4, -0.2) is 118 Å². The van der Waals surface area contributed by atoms with Crippen LogP contribution < -0.4 is 22.5 Å². The Hall–Kier alpha value is -5.91. The number of nitrogens with one attached hydrogen (secondary N) is 1. The summed E-state index contributed by atoms with van der Waals surface area (Å²) in [5.41, 5.74) is 18.0. The molecule has 2 aromatic carbocycles. The number of carbonyl (C=O) groups is 6. The van der Waals surface area contributed by atoms with Crippen molar-refractivity contribution in [3.05, 3.63) is 66.2 Å². The van der Waals surface area contributed by atoms with Crippen molar-refractivity contribution in [3.8, 4) is 0 Å². The minimum absolute atomic E-state index is 0.00707. The van der Waals surface area contributed by atoms with Crippen LogP contribution in [0.1, 0.15) is 57.9 Å². The molecule has 2 saturated heterocycles. The van der Waals surface area contributed by atoms with Crippen LogP contribution in [-0.2, 0) is 35.3 Å². The van der Waals surface area contributed by atoms with E-state index in [0.717, 1.165) is 5.56 Å². The van der Waals surface area contributed by atoms with Crippen molar-refractivity contribution >= 4 is 47.3 Å². The predicted octanol–water partition coefficient (Wildman–Crippen LogP) is 1.89. The fourth-order valence-electron chi connectivity index (χ4n) is 6.79. The molecule has 2 aliphatic heterocycles. The molecule has 18 heteroatoms. The Morgan fingerprint density at radius 3 is 2.14 bits per heavy atom. The van der Waals surface area contributed by atoms with Crippen LogP contribution in [0.15, 0.2) is 75.9 Å². The molecule has 1 unspecified atom stereocenters. The summed E-state index contributed by atoms with van der Waals surface area (Å²) in [6.07, 6.45) is 0.167. The number of aliphatic carboxylic acids is 1. The Morgan fingerprint density at radius 2 is 1.54 bits per heavy atom. The maximum Gasteiger partial charge on any atom is 0.410 e. The molecule has 2 aromatic rings. The normalized spacial score (nSPS) is 18.3. The average Bonchev–Trinajstić information content (AvgIpc) is 3.89. The molecule has 5 amide bonds. The number of ether oxygens (including phenoxy) is 1. The molecule has 4 rings (SSSR count). The molecule has 2 heterocycles. The third-order valence-corrected chi connectivity index (χ3v) is 9.49. The van der Waals surface area contributed by atoms with Gasteiger partial charge in [0.25, 0.3) is 11.8 Å². The van der Waals surface area contributed by atoms with Gasteiger partial charge in [0.05, 0.1) is 24.8 Å². The number of carboxylic acids is 1. The molecule has 0 spiro atoms. The molecule has 8 N–H and O–H groups in total. The van der Waals surface area contributed by atoms with Gasteiger partial charge < -0.3 is 37.3 Å². The van der Waals surface area contributed by atoms with E-state index in [4.69, 9.17) is 21.9 Å². The highest BCUT2D eigenvalue weighted by atomic mass is 16.6. The number of aliphatic imine (C=N–C) groups is 1. The summed E-state index contributed by atoms with van der Waals surface area (Å²) < 4.78 is 5.49. The molecular formula is C38H52N10O8. The Bertz CT molecular complexity index is 1740. The second kappa shape index (κ2) is 20.7. The van der Waals surface area contributed by atoms with E-state index in [1.165, 1.54) is 9.80 Å². The first-order valence-corrected chi connectivity index (χ1v) is 18.7. The van der Waals surface area contributed by atoms with Crippen molar-refractivity contribution in [2.45, 2.75) is 89.2 Å². The highest BCUT2D eigenvalue weighted by molar-refractivity contribution is 6.05. The lowest BCUT2D eigenvalue weighted by Crippen LogP contribution is -2.62. The van der Waals surface area contributed by atoms with Crippen LogP contribution >= 0.6 is 0 Å². The van der Waals surface area contributed by atoms with Crippen LogP contribution in [0.2, 0.25) is 0 Å². The lowest BCUT2D eigenvalue weighted by atomic mass is 9.98. The molecule has 0 aliphatic carbocycles. The molecule has 56 heavy (non-hydrogen) atoms. The van der Waals surface area contributed by atoms with Crippen molar-refractivity contribution < 1.29 is 38.6 Å². The van der Waals surface area contributed by atoms with Gasteiger partial charge in [-0.3, -0.25) is 34.0 Å². The monoisotopic (exact) mass is 776 g/mol. The number of carbonyl (C=O) groups excluding carboxylic acids is 5. The van der Waals surface area contributed by atoms with Gasteiger partial charge in [-0.1, -0.05) is 62.4 Å². The summed E-state index contributed by atoms with van der Waals surface area (Å²) in [5, 5.41) is 21.9. The standard InChI is InChI=1S/C38H52N10O8/c1-24(2)19-28(43-33(50)29-15-9-18-47(29)38(55)56-23-25-11-5-3-6-12-25)34(51)48(35(52)30-16-10-17-46(30)32(49)21-39)31(36(53)54)20-27(22-42-37(40)41)45-44-26-13-7-4-8-14-26/h3-8,11-14,24,27-31H,9-10,15-23,39H2,1-2H3,(H,43,50)(H,53,54)(H4,40,41,42)/t27?,28-,29-,30-,31-/m1/s1. The number of imide groups is 1. The molecule has 0 saturated carbocycles. The maximum atomic E-state index is 14.8. The van der Waals surface area contributed by atoms with Crippen molar-refractivity contribution in [2.75, 3.05) is 26.2 Å². The zero-order chi connectivity index (χ0) is 40.8. The molecular weight excluding hydrogens is 724 g/mol. The summed E-state index contributed by atoms with van der Waals surface area (Å²) in [6, 6.07) is 11.1. The third kappa shape index (κ3) is 11.8. The molecule has 0 aromatic heterocycles. The number of likely N-dealkylation sites (tertiary alicyclic amines) is 2. The number of carboxylic acid groups (broad SMARTS) is 1. The molecule has 0 bridgehead atoms. The number of nitrogens with zero attached hydrogens (tertiary/aromatic N) is 6. The van der Waals surface area contributed by atoms with Crippen molar-refractivity contribution in [1.29, 1.82) is 0 Å². The third-order valence-electron chi connectivity index (χ3n) is 9.49. The van der Waals surface area contributed by atoms with E-state index in [1.54, 1.807) is 56.3 Å². The van der Waals surface area contributed by atoms with E-state index >= 15 is 0 Å². The number of guanidine groups is 1. The topological polar surface area (TPSA) is 269 Å². The van der Waals surface area contributed by atoms with Crippen LogP contribution in [0.5, 0.6) is 0 Å². The molecule has 18 nitrogen and oxygen atoms in total. The number of rotatable bonds is 17. The molecule has 0 radical (unpaired) electrons. The molecule has 302 valence electrons. The van der Waals surface area contributed by atoms with Crippen molar-refractivity contribution in [2.24, 2.45) is 38.3 Å². The molecule has 2 aliphatic rings. The molecule has 5 atom stereocenters. The quantitative estimate of drug-likeness (QED) is 0.0879. The molecule has 2 fully saturated rings. The van der Waals surface area contributed by atoms with Crippen molar-refractivity contribution in [1.82, 2.24) is 20.0 Å². The van der Waals surface area contributed by atoms with Gasteiger partial charge in [-0.05, 0) is 55.7 Å². The second-order valence-electron chi connectivity index (χ2n) is 14.1. The van der Waals surface area contributed by atoms with Crippen LogP contribution in [0, 0.1) is 5.92 Å². The lowest BCUT2D eigenvalue weighted by Gasteiger charge is -2.36. The SMILES string of the molecule is CC(C)C[C@@H](NC(=O)[C@H]1CCCN1C(=O)OCc1ccccc1)C(=O)N(C(=O)[C@H]1CCCN1C(=O)CN)[C@H](CC(CN=C(N)N)N=Nc1ccccc1)C(=O)O. The van der Waals surface area contributed by atoms with Gasteiger partial charge in [-0.25, -0.2) is 9.59 Å². The first-order chi connectivity index (χ1) is 26.8. The predicted molar refractivity (Wildman–Crippen MR) is 205 cm³/mol. The maximum absolute atomic E-state index is 14.8. The van der Waals surface area contributed by atoms with Gasteiger partial charge in [0, 0.05) is 19.5 Å². The minimum atomic E-state index is -1.86. The van der Waals surface area contributed by atoms with Gasteiger partial charge in [-0.2, -0.15) is 10.2 Å². The van der Waals surface area contributed by atoms with Crippen LogP contribution in [0.3, 0.4) is 0 Å². The van der Waals surface area contributed by atoms with Gasteiger partial charge >= 0.3 is 12.1 Å². The van der Waals surface area contributed by atoms with Gasteiger partial charge in [-0.15, -0.1) is 0 Å². The van der Waals surface area contributed by atoms with Gasteiger partial charge in [0.1, 0.15) is 30.8 Å². The van der Waals surface area contributed by atoms with E-state index in [2.05, 4.69) is 20.5 Å². The second-order valence-corrected chi connectivity index (χ2v) is 14.1. The van der Waals surface area contributed by atoms with Crippen molar-refractivity contribution in [3.63, 3.8) is 0 Å². The van der Waals surface area contributed by atoms with E-state index in [-0.39, 0.29) is 57.4 Å². The summed E-state index contributed by atoms with van der Waals surface area (Å²) in [5.74, 6) is -5.24. The summed E-state index contributed by atoms with van der Waals surface area (Å²) in [6.45, 7) is 3.36. The van der Waals surface area contributed by atoms with Gasteiger partial charge in [0.2, 0.25) is 11.8 Å². The highest BCUT2D eigenvalue weighted by Gasteiger charge is 2.46. The largest absolute Gasteiger partial charge is 0.480 e. The van der Waals surface area contributed by atoms with E-state index < -0.39 is 78.9 Å². The Labute approximate surface area is 325 Å². The minimum Gasteiger partial charge on any atom is -0.480 e. The Kier molecular flexibility index (Phi) is 15.8. The number of benzene rings is 2. The number of hydrogen-bond acceptors (Lipinski definition) is 11. The van der Waals surface area contributed by atoms with Crippen LogP contribution in [0.25, 0.3) is 0 Å². The average molecular weight is 777 g/mol. The lowest BCUT2D eigenvalue weighted by molar-refractivity contribution is -0.163. The highest BCUT2D eigenvalue weighted by Crippen LogP contribution is 2.26. The zero-order valence-corrected chi connectivity index (χ0v) is 31.7. The number of hydrogen-bond donors (Lipinski definition) is 5. The fourth-order valence-corrected chi connectivity index (χ4v) is 6.79. The summed E-state index contributed by atoms with van der Waals surface area (Å²) in [4.78, 5) is 89.6. The first kappa shape index (κ1) is 42.8. The first-order valence-electron chi connectivity index (χ1n) is 18.7. The smallest absolute Gasteiger partial charge is 0.410 e. The Balaban J connectivity index is 1.68. The number of amides is 5. The van der Waals surface area contributed by atoms with E-state index in [9.17, 15) is 33.9 Å². The number of azo groups is 1. The summed E-state index contributed by atoms with van der Waals surface area (Å²) >= 11 is 0. The van der Waals surface area contributed by atoms with Crippen LogP contribution in [0.4, 0.5) is 10.5 Å². The van der Waals surface area contributed by atoms with Gasteiger partial charge in [0.15, 0.2) is 5.96 Å². The van der Waals surface area contributed by atoms with E-state index in [0.29, 0.717) is 23.4 Å². The Morgan fingerprint density at radius 1 is 0.911 bits per heavy atom. The van der Waals surface area contributed by atoms with E-state index in [1.807, 2.05) is 18.2 Å². The number of nitrogens with two attached hydrogens (primary N) is 3. The summed E-state index contributed by atoms with van der Waals surface area (Å²) in [7, 11) is 0. The zero-order valence-electron chi connectivity index (χ0n) is 31.7. The fraction of sp³-hybridized carbons (Fsp3) is 0.500.